The third kappa shape index (κ3) is 1.71. The van der Waals surface area contributed by atoms with Crippen LogP contribution in [0.2, 0.25) is 0 Å². The van der Waals surface area contributed by atoms with E-state index in [4.69, 9.17) is 5.11 Å². The zero-order valence-electron chi connectivity index (χ0n) is 5.97. The van der Waals surface area contributed by atoms with Gasteiger partial charge in [-0.15, -0.1) is 0 Å². The van der Waals surface area contributed by atoms with Crippen molar-refractivity contribution in [1.29, 1.82) is 0 Å². The lowest BCUT2D eigenvalue weighted by Crippen LogP contribution is -2.00. The van der Waals surface area contributed by atoms with Crippen LogP contribution in [0.25, 0.3) is 0 Å². The Morgan fingerprint density at radius 1 is 1.55 bits per heavy atom. The summed E-state index contributed by atoms with van der Waals surface area (Å²) in [4.78, 5) is 10.6. The summed E-state index contributed by atoms with van der Waals surface area (Å²) in [5.41, 5.74) is 1.22. The minimum absolute atomic E-state index is 0.386. The van der Waals surface area contributed by atoms with Crippen LogP contribution in [0.15, 0.2) is 18.2 Å². The summed E-state index contributed by atoms with van der Waals surface area (Å²) in [6, 6.07) is 5.25. The van der Waals surface area contributed by atoms with Crippen LogP contribution in [0.3, 0.4) is 0 Å². The quantitative estimate of drug-likeness (QED) is 0.788. The second kappa shape index (κ2) is 3.21. The molecule has 0 aromatic heterocycles. The first-order valence-corrected chi connectivity index (χ1v) is 4.19. The van der Waals surface area contributed by atoms with Crippen LogP contribution in [-0.2, 0) is 0 Å². The summed E-state index contributed by atoms with van der Waals surface area (Å²) in [6.07, 6.45) is 0. The molecule has 3 heteroatoms. The van der Waals surface area contributed by atoms with Crippen molar-refractivity contribution in [3.05, 3.63) is 32.9 Å². The molecule has 0 radical (unpaired) electrons. The largest absolute Gasteiger partial charge is 0.478 e. The highest BCUT2D eigenvalue weighted by molar-refractivity contribution is 14.1. The minimum atomic E-state index is -0.860. The van der Waals surface area contributed by atoms with Gasteiger partial charge < -0.3 is 5.11 Å². The number of hydrogen-bond acceptors (Lipinski definition) is 1. The van der Waals surface area contributed by atoms with Gasteiger partial charge in [0.2, 0.25) is 0 Å². The number of benzene rings is 1. The summed E-state index contributed by atoms with van der Waals surface area (Å²) < 4.78 is 0.988. The maximum Gasteiger partial charge on any atom is 0.335 e. The molecule has 58 valence electrons. The van der Waals surface area contributed by atoms with Crippen molar-refractivity contribution < 1.29 is 9.90 Å². The second-order valence-corrected chi connectivity index (χ2v) is 3.38. The number of aromatic carboxylic acids is 1. The van der Waals surface area contributed by atoms with Crippen molar-refractivity contribution in [2.45, 2.75) is 6.92 Å². The molecule has 0 aliphatic rings. The number of hydrogen-bond donors (Lipinski definition) is 1. The maximum absolute atomic E-state index is 10.6. The van der Waals surface area contributed by atoms with E-state index >= 15 is 0 Å². The first-order chi connectivity index (χ1) is 5.13. The molecule has 1 aromatic rings. The van der Waals surface area contributed by atoms with Crippen LogP contribution < -0.4 is 0 Å². The Bertz CT molecular complexity index is 294. The highest BCUT2D eigenvalue weighted by Gasteiger charge is 2.07. The van der Waals surface area contributed by atoms with E-state index in [-0.39, 0.29) is 0 Å². The molecule has 0 fully saturated rings. The number of carbonyl (C=O) groups is 1. The normalized spacial score (nSPS) is 9.64. The molecule has 0 spiro atoms. The minimum Gasteiger partial charge on any atom is -0.478 e. The van der Waals surface area contributed by atoms with E-state index in [1.54, 1.807) is 12.1 Å². The second-order valence-electron chi connectivity index (χ2n) is 2.22. The van der Waals surface area contributed by atoms with Gasteiger partial charge in [0.1, 0.15) is 0 Å². The summed E-state index contributed by atoms with van der Waals surface area (Å²) in [7, 11) is 0. The van der Waals surface area contributed by atoms with Gasteiger partial charge in [0.15, 0.2) is 0 Å². The zero-order chi connectivity index (χ0) is 8.43. The zero-order valence-corrected chi connectivity index (χ0v) is 8.12. The lowest BCUT2D eigenvalue weighted by atomic mass is 10.1. The Hall–Kier alpha value is -0.580. The summed E-state index contributed by atoms with van der Waals surface area (Å²) in [5.74, 6) is -0.860. The lowest BCUT2D eigenvalue weighted by molar-refractivity contribution is 0.0696. The van der Waals surface area contributed by atoms with Crippen LogP contribution in [0.4, 0.5) is 0 Å². The monoisotopic (exact) mass is 262 g/mol. The third-order valence-electron chi connectivity index (χ3n) is 1.50. The van der Waals surface area contributed by atoms with E-state index in [0.29, 0.717) is 5.56 Å². The Kier molecular flexibility index (Phi) is 2.49. The smallest absolute Gasteiger partial charge is 0.335 e. The van der Waals surface area contributed by atoms with E-state index in [1.165, 1.54) is 0 Å². The van der Waals surface area contributed by atoms with Crippen LogP contribution >= 0.6 is 22.6 Å². The van der Waals surface area contributed by atoms with Crippen molar-refractivity contribution in [2.24, 2.45) is 0 Å². The Balaban J connectivity index is 3.27. The highest BCUT2D eigenvalue weighted by Crippen LogP contribution is 2.15. The Morgan fingerprint density at radius 3 is 2.64 bits per heavy atom. The lowest BCUT2D eigenvalue weighted by Gasteiger charge is -2.00. The van der Waals surface area contributed by atoms with Crippen LogP contribution in [-0.4, -0.2) is 11.1 Å². The van der Waals surface area contributed by atoms with Crippen LogP contribution in [0.1, 0.15) is 15.9 Å². The van der Waals surface area contributed by atoms with Gasteiger partial charge >= 0.3 is 5.97 Å². The molecule has 0 atom stereocenters. The van der Waals surface area contributed by atoms with Gasteiger partial charge in [0.05, 0.1) is 5.56 Å². The number of carboxylic acids is 1. The van der Waals surface area contributed by atoms with Crippen LogP contribution in [0.5, 0.6) is 0 Å². The van der Waals surface area contributed by atoms with Crippen molar-refractivity contribution in [3.8, 4) is 0 Å². The van der Waals surface area contributed by atoms with E-state index < -0.39 is 5.97 Å². The predicted octanol–water partition coefficient (Wildman–Crippen LogP) is 2.30. The number of rotatable bonds is 1. The highest BCUT2D eigenvalue weighted by atomic mass is 127. The average molecular weight is 262 g/mol. The van der Waals surface area contributed by atoms with Gasteiger partial charge in [-0.05, 0) is 47.2 Å². The predicted molar refractivity (Wildman–Crippen MR) is 50.9 cm³/mol. The molecule has 2 nitrogen and oxygen atoms in total. The van der Waals surface area contributed by atoms with E-state index in [2.05, 4.69) is 22.6 Å². The molecular weight excluding hydrogens is 255 g/mol. The van der Waals surface area contributed by atoms with Gasteiger partial charge in [0.25, 0.3) is 0 Å². The van der Waals surface area contributed by atoms with Gasteiger partial charge in [0, 0.05) is 3.57 Å². The molecule has 1 rings (SSSR count). The molecule has 0 saturated carbocycles. The van der Waals surface area contributed by atoms with Gasteiger partial charge in [-0.25, -0.2) is 4.79 Å². The average Bonchev–Trinajstić information content (AvgIpc) is 1.94. The third-order valence-corrected chi connectivity index (χ3v) is 2.67. The van der Waals surface area contributed by atoms with Crippen molar-refractivity contribution in [2.75, 3.05) is 0 Å². The standard InChI is InChI=1S/C8H7IO2/c1-5-6(8(10)11)3-2-4-7(5)9/h2-4H,1H3,(H,10,11). The fourth-order valence-electron chi connectivity index (χ4n) is 0.839. The van der Waals surface area contributed by atoms with Crippen molar-refractivity contribution >= 4 is 28.6 Å². The van der Waals surface area contributed by atoms with Gasteiger partial charge in [-0.1, -0.05) is 6.07 Å². The molecule has 0 bridgehead atoms. The van der Waals surface area contributed by atoms with Gasteiger partial charge in [-0.2, -0.15) is 0 Å². The van der Waals surface area contributed by atoms with Crippen LogP contribution in [0, 0.1) is 10.5 Å². The summed E-state index contributed by atoms with van der Waals surface area (Å²) >= 11 is 2.12. The van der Waals surface area contributed by atoms with Crippen molar-refractivity contribution in [3.63, 3.8) is 0 Å². The molecule has 0 aliphatic heterocycles. The molecule has 0 aliphatic carbocycles. The summed E-state index contributed by atoms with van der Waals surface area (Å²) in [6.45, 7) is 1.81. The van der Waals surface area contributed by atoms with E-state index in [0.717, 1.165) is 9.13 Å². The summed E-state index contributed by atoms with van der Waals surface area (Å²) in [5, 5.41) is 8.69. The molecular formula is C8H7IO2. The molecule has 0 unspecified atom stereocenters. The van der Waals surface area contributed by atoms with Crippen molar-refractivity contribution in [1.82, 2.24) is 0 Å². The maximum atomic E-state index is 10.6. The molecule has 0 heterocycles. The molecule has 0 amide bonds. The number of carboxylic acid groups (broad SMARTS) is 1. The first kappa shape index (κ1) is 8.52. The fraction of sp³-hybridized carbons (Fsp3) is 0.125. The Morgan fingerprint density at radius 2 is 2.18 bits per heavy atom. The molecule has 0 saturated heterocycles. The topological polar surface area (TPSA) is 37.3 Å². The van der Waals surface area contributed by atoms with Gasteiger partial charge in [-0.3, -0.25) is 0 Å². The SMILES string of the molecule is Cc1c(I)cccc1C(=O)O. The Labute approximate surface area is 78.4 Å². The molecule has 1 N–H and O–H groups in total. The fourth-order valence-corrected chi connectivity index (χ4v) is 1.34. The first-order valence-electron chi connectivity index (χ1n) is 3.11. The number of halogens is 1. The molecule has 1 aromatic carbocycles. The van der Waals surface area contributed by atoms with E-state index in [1.807, 2.05) is 13.0 Å². The molecule has 11 heavy (non-hydrogen) atoms. The van der Waals surface area contributed by atoms with E-state index in [9.17, 15) is 4.79 Å².